The van der Waals surface area contributed by atoms with Gasteiger partial charge in [-0.3, -0.25) is 9.00 Å². The van der Waals surface area contributed by atoms with Gasteiger partial charge < -0.3 is 11.1 Å². The van der Waals surface area contributed by atoms with Crippen LogP contribution in [0.25, 0.3) is 0 Å². The van der Waals surface area contributed by atoms with Gasteiger partial charge in [0.25, 0.3) is 0 Å². The molecule has 17 heavy (non-hydrogen) atoms. The molecule has 5 heteroatoms. The lowest BCUT2D eigenvalue weighted by molar-refractivity contribution is -0.121. The Morgan fingerprint density at radius 2 is 2.06 bits per heavy atom. The van der Waals surface area contributed by atoms with Gasteiger partial charge in [0.2, 0.25) is 5.91 Å². The lowest BCUT2D eigenvalue weighted by Gasteiger charge is -2.15. The summed E-state index contributed by atoms with van der Waals surface area (Å²) < 4.78 is 11.0. The van der Waals surface area contributed by atoms with Crippen LogP contribution in [0.2, 0.25) is 0 Å². The van der Waals surface area contributed by atoms with Crippen molar-refractivity contribution in [1.29, 1.82) is 0 Å². The number of hydrogen-bond donors (Lipinski definition) is 2. The van der Waals surface area contributed by atoms with Crippen molar-refractivity contribution in [3.63, 3.8) is 0 Å². The second-order valence-corrected chi connectivity index (χ2v) is 6.08. The summed E-state index contributed by atoms with van der Waals surface area (Å²) in [5.74, 6) is 1.12. The van der Waals surface area contributed by atoms with Crippen molar-refractivity contribution in [2.45, 2.75) is 45.6 Å². The van der Waals surface area contributed by atoms with E-state index in [1.54, 1.807) is 6.26 Å². The molecule has 0 aromatic carbocycles. The summed E-state index contributed by atoms with van der Waals surface area (Å²) in [5, 5.41) is 2.87. The van der Waals surface area contributed by atoms with E-state index in [9.17, 15) is 9.00 Å². The predicted octanol–water partition coefficient (Wildman–Crippen LogP) is 1.02. The molecule has 3 N–H and O–H groups in total. The maximum atomic E-state index is 11.6. The molecule has 0 aliphatic carbocycles. The standard InChI is InChI=1S/C12H26N2O2S/c1-4-11(7-8-13)5-6-12(15)14-10(2)9-17(3)16/h10-11H,4-9,13H2,1-3H3,(H,14,15). The summed E-state index contributed by atoms with van der Waals surface area (Å²) in [7, 11) is -0.861. The van der Waals surface area contributed by atoms with Gasteiger partial charge >= 0.3 is 0 Å². The van der Waals surface area contributed by atoms with Crippen LogP contribution in [0, 0.1) is 5.92 Å². The molecular weight excluding hydrogens is 236 g/mol. The highest BCUT2D eigenvalue weighted by atomic mass is 32.2. The quantitative estimate of drug-likeness (QED) is 0.652. The molecule has 1 amide bonds. The van der Waals surface area contributed by atoms with Crippen LogP contribution in [0.5, 0.6) is 0 Å². The van der Waals surface area contributed by atoms with Crippen LogP contribution in [0.1, 0.15) is 39.5 Å². The fourth-order valence-corrected chi connectivity index (χ4v) is 2.65. The van der Waals surface area contributed by atoms with Crippen LogP contribution >= 0.6 is 0 Å². The van der Waals surface area contributed by atoms with Crippen LogP contribution < -0.4 is 11.1 Å². The van der Waals surface area contributed by atoms with Crippen molar-refractivity contribution in [3.8, 4) is 0 Å². The second kappa shape index (κ2) is 9.59. The van der Waals surface area contributed by atoms with Crippen LogP contribution in [-0.2, 0) is 15.6 Å². The number of carbonyl (C=O) groups excluding carboxylic acids is 1. The van der Waals surface area contributed by atoms with E-state index in [1.807, 2.05) is 6.92 Å². The van der Waals surface area contributed by atoms with Crippen molar-refractivity contribution < 1.29 is 9.00 Å². The molecule has 0 aliphatic rings. The molecule has 0 saturated carbocycles. The zero-order valence-corrected chi connectivity index (χ0v) is 12.0. The Morgan fingerprint density at radius 1 is 1.41 bits per heavy atom. The van der Waals surface area contributed by atoms with E-state index in [4.69, 9.17) is 5.73 Å². The molecule has 102 valence electrons. The lowest BCUT2D eigenvalue weighted by Crippen LogP contribution is -2.36. The van der Waals surface area contributed by atoms with Crippen LogP contribution in [0.15, 0.2) is 0 Å². The normalized spacial score (nSPS) is 16.2. The van der Waals surface area contributed by atoms with Crippen molar-refractivity contribution in [1.82, 2.24) is 5.32 Å². The van der Waals surface area contributed by atoms with E-state index in [0.717, 1.165) is 19.3 Å². The smallest absolute Gasteiger partial charge is 0.220 e. The second-order valence-electron chi connectivity index (χ2n) is 4.60. The maximum Gasteiger partial charge on any atom is 0.220 e. The van der Waals surface area contributed by atoms with Crippen molar-refractivity contribution in [2.75, 3.05) is 18.6 Å². The Kier molecular flexibility index (Phi) is 9.36. The molecule has 0 spiro atoms. The molecule has 4 nitrogen and oxygen atoms in total. The van der Waals surface area contributed by atoms with Crippen LogP contribution in [-0.4, -0.2) is 34.7 Å². The van der Waals surface area contributed by atoms with E-state index >= 15 is 0 Å². The number of nitrogens with two attached hydrogens (primary N) is 1. The fraction of sp³-hybridized carbons (Fsp3) is 0.917. The molecule has 0 fully saturated rings. The van der Waals surface area contributed by atoms with Crippen LogP contribution in [0.3, 0.4) is 0 Å². The third-order valence-electron chi connectivity index (χ3n) is 2.82. The van der Waals surface area contributed by atoms with Gasteiger partial charge in [0.15, 0.2) is 0 Å². The Morgan fingerprint density at radius 3 is 2.53 bits per heavy atom. The first-order chi connectivity index (χ1) is 7.99. The van der Waals surface area contributed by atoms with E-state index in [2.05, 4.69) is 12.2 Å². The van der Waals surface area contributed by atoms with Crippen LogP contribution in [0.4, 0.5) is 0 Å². The predicted molar refractivity (Wildman–Crippen MR) is 73.2 cm³/mol. The zero-order chi connectivity index (χ0) is 13.3. The van der Waals surface area contributed by atoms with Gasteiger partial charge in [-0.1, -0.05) is 13.3 Å². The highest BCUT2D eigenvalue weighted by molar-refractivity contribution is 7.84. The lowest BCUT2D eigenvalue weighted by atomic mass is 9.96. The first-order valence-corrected chi connectivity index (χ1v) is 8.01. The van der Waals surface area contributed by atoms with Crippen molar-refractivity contribution >= 4 is 16.7 Å². The minimum Gasteiger partial charge on any atom is -0.353 e. The van der Waals surface area contributed by atoms with Gasteiger partial charge in [-0.25, -0.2) is 0 Å². The van der Waals surface area contributed by atoms with Gasteiger partial charge in [-0.05, 0) is 32.2 Å². The molecule has 3 atom stereocenters. The summed E-state index contributed by atoms with van der Waals surface area (Å²) in [4.78, 5) is 11.6. The van der Waals surface area contributed by atoms with Crippen molar-refractivity contribution in [2.24, 2.45) is 11.7 Å². The third-order valence-corrected chi connectivity index (χ3v) is 3.79. The highest BCUT2D eigenvalue weighted by Crippen LogP contribution is 2.14. The first-order valence-electron chi connectivity index (χ1n) is 6.29. The Labute approximate surface area is 107 Å². The Bertz CT molecular complexity index is 247. The first kappa shape index (κ1) is 16.6. The SMILES string of the molecule is CCC(CCN)CCC(=O)NC(C)CS(C)=O. The number of nitrogens with one attached hydrogen (secondary N) is 1. The van der Waals surface area contributed by atoms with Gasteiger partial charge in [0.05, 0.1) is 0 Å². The average Bonchev–Trinajstić information content (AvgIpc) is 2.22. The van der Waals surface area contributed by atoms with Gasteiger partial charge in [-0.2, -0.15) is 0 Å². The monoisotopic (exact) mass is 262 g/mol. The Balaban J connectivity index is 3.81. The number of hydrogen-bond acceptors (Lipinski definition) is 3. The molecule has 0 bridgehead atoms. The summed E-state index contributed by atoms with van der Waals surface area (Å²) in [6.45, 7) is 4.70. The molecule has 0 aliphatic heterocycles. The number of rotatable bonds is 9. The molecule has 0 aromatic rings. The molecule has 0 radical (unpaired) electrons. The van der Waals surface area contributed by atoms with Gasteiger partial charge in [-0.15, -0.1) is 0 Å². The van der Waals surface area contributed by atoms with E-state index in [-0.39, 0.29) is 11.9 Å². The topological polar surface area (TPSA) is 72.2 Å². The minimum absolute atomic E-state index is 0.0112. The summed E-state index contributed by atoms with van der Waals surface area (Å²) >= 11 is 0. The fourth-order valence-electron chi connectivity index (χ4n) is 1.86. The van der Waals surface area contributed by atoms with Crippen molar-refractivity contribution in [3.05, 3.63) is 0 Å². The molecule has 3 unspecified atom stereocenters. The average molecular weight is 262 g/mol. The maximum absolute atomic E-state index is 11.6. The summed E-state index contributed by atoms with van der Waals surface area (Å²) in [6, 6.07) is -0.0112. The minimum atomic E-state index is -0.861. The van der Waals surface area contributed by atoms with Gasteiger partial charge in [0, 0.05) is 35.3 Å². The third kappa shape index (κ3) is 9.30. The molecule has 0 rings (SSSR count). The van der Waals surface area contributed by atoms with E-state index < -0.39 is 10.8 Å². The molecular formula is C12H26N2O2S. The molecule has 0 heterocycles. The number of carbonyl (C=O) groups is 1. The van der Waals surface area contributed by atoms with E-state index in [0.29, 0.717) is 24.6 Å². The Hall–Kier alpha value is -0.420. The van der Waals surface area contributed by atoms with Gasteiger partial charge in [0.1, 0.15) is 0 Å². The largest absolute Gasteiger partial charge is 0.353 e. The molecule has 0 saturated heterocycles. The van der Waals surface area contributed by atoms with E-state index in [1.165, 1.54) is 0 Å². The summed E-state index contributed by atoms with van der Waals surface area (Å²) in [5.41, 5.74) is 5.51. The molecule has 0 aromatic heterocycles. The number of amides is 1. The summed E-state index contributed by atoms with van der Waals surface area (Å²) in [6.07, 6.45) is 5.13. The highest BCUT2D eigenvalue weighted by Gasteiger charge is 2.11. The zero-order valence-electron chi connectivity index (χ0n) is 11.2.